The molecule has 0 atom stereocenters. The van der Waals surface area contributed by atoms with Gasteiger partial charge in [-0.3, -0.25) is 9.59 Å². The van der Waals surface area contributed by atoms with Gasteiger partial charge in [0.05, 0.1) is 24.0 Å². The van der Waals surface area contributed by atoms with Gasteiger partial charge in [-0.1, -0.05) is 13.3 Å². The molecule has 10 nitrogen and oxygen atoms in total. The zero-order valence-corrected chi connectivity index (χ0v) is 14.0. The van der Waals surface area contributed by atoms with E-state index in [1.54, 1.807) is 0 Å². The highest BCUT2D eigenvalue weighted by Crippen LogP contribution is 2.03. The predicted molar refractivity (Wildman–Crippen MR) is 88.0 cm³/mol. The van der Waals surface area contributed by atoms with Crippen LogP contribution >= 0.6 is 0 Å². The molecule has 1 aromatic rings. The Balaban J connectivity index is 0. The molecule has 0 saturated heterocycles. The molecule has 26 heavy (non-hydrogen) atoms. The average molecular weight is 374 g/mol. The van der Waals surface area contributed by atoms with Crippen LogP contribution in [0.3, 0.4) is 0 Å². The van der Waals surface area contributed by atoms with E-state index in [1.807, 2.05) is 6.92 Å². The number of benzene rings is 1. The fourth-order valence-electron chi connectivity index (χ4n) is 1.23. The van der Waals surface area contributed by atoms with Crippen molar-refractivity contribution in [2.24, 2.45) is 0 Å². The van der Waals surface area contributed by atoms with E-state index in [1.165, 1.54) is 24.3 Å². The number of aliphatic hydroxyl groups excluding tert-OH is 1. The van der Waals surface area contributed by atoms with Crippen molar-refractivity contribution in [2.45, 2.75) is 38.9 Å². The second-order valence-electron chi connectivity index (χ2n) is 4.74. The topological polar surface area (TPSA) is 190 Å². The lowest BCUT2D eigenvalue weighted by Gasteiger charge is -1.94. The number of aliphatic hydroxyl groups is 2. The number of aliphatic carboxylic acids is 2. The SMILES string of the molecule is CCCC(O)O.O=C(O)CCC(=O)O.O=C(O)c1ccc(C(=O)O)cc1. The van der Waals surface area contributed by atoms with Gasteiger partial charge in [0.2, 0.25) is 0 Å². The van der Waals surface area contributed by atoms with Crippen LogP contribution < -0.4 is 0 Å². The lowest BCUT2D eigenvalue weighted by Crippen LogP contribution is -2.01. The van der Waals surface area contributed by atoms with E-state index in [4.69, 9.17) is 30.6 Å². The van der Waals surface area contributed by atoms with Gasteiger partial charge in [-0.2, -0.15) is 0 Å². The molecule has 0 heterocycles. The largest absolute Gasteiger partial charge is 0.481 e. The smallest absolute Gasteiger partial charge is 0.335 e. The first-order chi connectivity index (χ1) is 12.0. The van der Waals surface area contributed by atoms with Crippen LogP contribution in [-0.4, -0.2) is 60.8 Å². The van der Waals surface area contributed by atoms with E-state index in [-0.39, 0.29) is 24.0 Å². The maximum absolute atomic E-state index is 10.3. The summed E-state index contributed by atoms with van der Waals surface area (Å²) in [6, 6.07) is 5.02. The fourth-order valence-corrected chi connectivity index (χ4v) is 1.23. The molecule has 6 N–H and O–H groups in total. The lowest BCUT2D eigenvalue weighted by molar-refractivity contribution is -0.143. The number of hydrogen-bond donors (Lipinski definition) is 6. The Kier molecular flexibility index (Phi) is 14.0. The molecule has 0 saturated carbocycles. The van der Waals surface area contributed by atoms with Gasteiger partial charge in [0.15, 0.2) is 6.29 Å². The summed E-state index contributed by atoms with van der Waals surface area (Å²) in [5, 5.41) is 48.9. The summed E-state index contributed by atoms with van der Waals surface area (Å²) in [5.41, 5.74) is 0.167. The second kappa shape index (κ2) is 14.4. The van der Waals surface area contributed by atoms with Gasteiger partial charge in [-0.05, 0) is 30.7 Å². The predicted octanol–water partition coefficient (Wildman–Crippen LogP) is 1.12. The normalized spacial score (nSPS) is 9.23. The summed E-state index contributed by atoms with van der Waals surface area (Å²) in [7, 11) is 0. The molecule has 0 radical (unpaired) electrons. The lowest BCUT2D eigenvalue weighted by atomic mass is 10.1. The van der Waals surface area contributed by atoms with E-state index in [9.17, 15) is 19.2 Å². The molecule has 0 fully saturated rings. The average Bonchev–Trinajstić information content (AvgIpc) is 2.54. The van der Waals surface area contributed by atoms with Crippen molar-refractivity contribution in [3.63, 3.8) is 0 Å². The Hall–Kier alpha value is -2.98. The van der Waals surface area contributed by atoms with E-state index >= 15 is 0 Å². The monoisotopic (exact) mass is 374 g/mol. The molecule has 0 aromatic heterocycles. The molecule has 0 aliphatic carbocycles. The first-order valence-corrected chi connectivity index (χ1v) is 7.37. The molecule has 1 aromatic carbocycles. The number of carboxylic acids is 4. The third-order valence-electron chi connectivity index (χ3n) is 2.48. The molecule has 0 aliphatic rings. The minimum Gasteiger partial charge on any atom is -0.481 e. The Morgan fingerprint density at radius 2 is 1.08 bits per heavy atom. The summed E-state index contributed by atoms with van der Waals surface area (Å²) in [6.07, 6.45) is -0.377. The number of aromatic carboxylic acids is 2. The molecular formula is C16H22O10. The molecular weight excluding hydrogens is 352 g/mol. The van der Waals surface area contributed by atoms with E-state index in [0.717, 1.165) is 6.42 Å². The van der Waals surface area contributed by atoms with Crippen LogP contribution in [0.2, 0.25) is 0 Å². The Bertz CT molecular complexity index is 530. The molecule has 0 bridgehead atoms. The summed E-state index contributed by atoms with van der Waals surface area (Å²) >= 11 is 0. The first-order valence-electron chi connectivity index (χ1n) is 7.37. The van der Waals surface area contributed by atoms with Crippen LogP contribution in [-0.2, 0) is 9.59 Å². The molecule has 0 aliphatic heterocycles. The van der Waals surface area contributed by atoms with Crippen LogP contribution in [0.15, 0.2) is 24.3 Å². The quantitative estimate of drug-likeness (QED) is 0.377. The third kappa shape index (κ3) is 15.9. The maximum Gasteiger partial charge on any atom is 0.335 e. The Morgan fingerprint density at radius 3 is 1.19 bits per heavy atom. The van der Waals surface area contributed by atoms with Crippen molar-refractivity contribution < 1.29 is 49.8 Å². The maximum atomic E-state index is 10.3. The Morgan fingerprint density at radius 1 is 0.769 bits per heavy atom. The van der Waals surface area contributed by atoms with Gasteiger partial charge in [0.1, 0.15) is 0 Å². The number of carboxylic acid groups (broad SMARTS) is 4. The highest BCUT2D eigenvalue weighted by Gasteiger charge is 2.04. The molecule has 0 unspecified atom stereocenters. The number of hydrogen-bond acceptors (Lipinski definition) is 6. The van der Waals surface area contributed by atoms with Crippen LogP contribution in [0.25, 0.3) is 0 Å². The minimum atomic E-state index is -1.10. The zero-order valence-electron chi connectivity index (χ0n) is 14.0. The Labute approximate surface area is 149 Å². The first kappa shape index (κ1) is 25.3. The highest BCUT2D eigenvalue weighted by molar-refractivity contribution is 5.91. The molecule has 10 heteroatoms. The fraction of sp³-hybridized carbons (Fsp3) is 0.375. The van der Waals surface area contributed by atoms with Crippen LogP contribution in [0.5, 0.6) is 0 Å². The van der Waals surface area contributed by atoms with Gasteiger partial charge in [0.25, 0.3) is 0 Å². The van der Waals surface area contributed by atoms with Crippen LogP contribution in [0.1, 0.15) is 53.3 Å². The molecule has 0 spiro atoms. The number of carbonyl (C=O) groups is 4. The standard InChI is InChI=1S/C8H6O4.C4H6O4.C4H10O2/c9-7(10)5-1-2-6(4-3-5)8(11)12;5-3(6)1-2-4(7)8;1-2-3-4(5)6/h1-4H,(H,9,10)(H,11,12);1-2H2,(H,5,6)(H,7,8);4-6H,2-3H2,1H3. The van der Waals surface area contributed by atoms with Crippen molar-refractivity contribution in [1.29, 1.82) is 0 Å². The molecule has 0 amide bonds. The second-order valence-corrected chi connectivity index (χ2v) is 4.74. The third-order valence-corrected chi connectivity index (χ3v) is 2.48. The van der Waals surface area contributed by atoms with Gasteiger partial charge in [-0.25, -0.2) is 9.59 Å². The van der Waals surface area contributed by atoms with Crippen molar-refractivity contribution in [3.05, 3.63) is 35.4 Å². The van der Waals surface area contributed by atoms with Gasteiger partial charge in [0, 0.05) is 0 Å². The van der Waals surface area contributed by atoms with Crippen molar-refractivity contribution in [3.8, 4) is 0 Å². The summed E-state index contributed by atoms with van der Waals surface area (Å²) in [6.45, 7) is 1.90. The summed E-state index contributed by atoms with van der Waals surface area (Å²) in [4.78, 5) is 40.0. The summed E-state index contributed by atoms with van der Waals surface area (Å²) in [5.74, 6) is -4.28. The van der Waals surface area contributed by atoms with Crippen LogP contribution in [0, 0.1) is 0 Å². The minimum absolute atomic E-state index is 0.0833. The van der Waals surface area contributed by atoms with E-state index in [0.29, 0.717) is 6.42 Å². The molecule has 146 valence electrons. The van der Waals surface area contributed by atoms with Crippen LogP contribution in [0.4, 0.5) is 0 Å². The zero-order chi connectivity index (χ0) is 20.7. The number of rotatable bonds is 7. The van der Waals surface area contributed by atoms with E-state index in [2.05, 4.69) is 0 Å². The van der Waals surface area contributed by atoms with Crippen molar-refractivity contribution in [1.82, 2.24) is 0 Å². The highest BCUT2D eigenvalue weighted by atomic mass is 16.5. The van der Waals surface area contributed by atoms with Crippen molar-refractivity contribution >= 4 is 23.9 Å². The van der Waals surface area contributed by atoms with Gasteiger partial charge >= 0.3 is 23.9 Å². The van der Waals surface area contributed by atoms with Gasteiger partial charge in [-0.15, -0.1) is 0 Å². The summed E-state index contributed by atoms with van der Waals surface area (Å²) < 4.78 is 0. The van der Waals surface area contributed by atoms with Gasteiger partial charge < -0.3 is 30.6 Å². The molecule has 1 rings (SSSR count). The van der Waals surface area contributed by atoms with Crippen molar-refractivity contribution in [2.75, 3.05) is 0 Å². The van der Waals surface area contributed by atoms with E-state index < -0.39 is 30.2 Å².